The first-order valence-electron chi connectivity index (χ1n) is 11.4. The molecule has 2 aromatic carbocycles. The smallest absolute Gasteiger partial charge is 0.399 e. The number of nitrogens with zero attached hydrogens (tertiary/aromatic N) is 2. The maximum atomic E-state index is 6.19. The average molecular weight is 438 g/mol. The van der Waals surface area contributed by atoms with Crippen LogP contribution in [0.2, 0.25) is 0 Å². The van der Waals surface area contributed by atoms with Crippen molar-refractivity contribution >= 4 is 29.6 Å². The summed E-state index contributed by atoms with van der Waals surface area (Å²) in [5.41, 5.74) is 6.28. The minimum atomic E-state index is -0.361. The summed E-state index contributed by atoms with van der Waals surface area (Å²) in [5.74, 6) is 0. The van der Waals surface area contributed by atoms with Crippen molar-refractivity contribution in [2.45, 2.75) is 52.7 Å². The molecule has 0 spiro atoms. The summed E-state index contributed by atoms with van der Waals surface area (Å²) in [6.07, 6.45) is 3.89. The van der Waals surface area contributed by atoms with E-state index in [0.717, 1.165) is 39.3 Å². The normalized spacial score (nSPS) is 17.9. The van der Waals surface area contributed by atoms with Crippen molar-refractivity contribution in [3.8, 4) is 0 Å². The maximum absolute atomic E-state index is 6.19. The van der Waals surface area contributed by atoms with E-state index in [-0.39, 0.29) is 18.3 Å². The topological polar surface area (TPSA) is 43.7 Å². The second-order valence-corrected chi connectivity index (χ2v) is 9.54. The van der Waals surface area contributed by atoms with Crippen LogP contribution in [0.1, 0.15) is 51.4 Å². The van der Waals surface area contributed by atoms with E-state index in [4.69, 9.17) is 14.3 Å². The molecule has 0 bridgehead atoms. The second kappa shape index (κ2) is 9.09. The summed E-state index contributed by atoms with van der Waals surface area (Å²) in [4.78, 5) is 9.48. The third-order valence-electron chi connectivity index (χ3n) is 6.53. The minimum Gasteiger partial charge on any atom is -0.399 e. The Bertz CT molecular complexity index is 1170. The van der Waals surface area contributed by atoms with Gasteiger partial charge in [-0.3, -0.25) is 4.98 Å². The molecular weight excluding hydrogens is 407 g/mol. The number of rotatable bonds is 5. The quantitative estimate of drug-likeness (QED) is 0.367. The van der Waals surface area contributed by atoms with E-state index in [9.17, 15) is 0 Å². The Morgan fingerprint density at radius 3 is 2.12 bits per heavy atom. The fourth-order valence-electron chi connectivity index (χ4n) is 3.67. The Labute approximate surface area is 197 Å². The molecule has 1 fully saturated rings. The van der Waals surface area contributed by atoms with Crippen molar-refractivity contribution in [3.05, 3.63) is 95.8 Å². The third kappa shape index (κ3) is 5.00. The summed E-state index contributed by atoms with van der Waals surface area (Å²) >= 11 is 0. The molecule has 3 aromatic rings. The zero-order valence-electron chi connectivity index (χ0n) is 20.3. The van der Waals surface area contributed by atoms with E-state index in [1.807, 2.05) is 36.4 Å². The van der Waals surface area contributed by atoms with Gasteiger partial charge in [-0.2, -0.15) is 0 Å². The van der Waals surface area contributed by atoms with Gasteiger partial charge in [-0.15, -0.1) is 0 Å². The standard InChI is InChI=1S/C28H31BN2O2/c1-20-11-7-8-12-24(20)31-26(25-13-9-10-18-30-25)19-21(2)22-14-16-23(17-15-22)29-32-27(3,4)28(5,6)33-29/h7-19H,1-6H3/b21-19+,31-26?. The Morgan fingerprint density at radius 2 is 1.52 bits per heavy atom. The van der Waals surface area contributed by atoms with Gasteiger partial charge in [-0.25, -0.2) is 4.99 Å². The van der Waals surface area contributed by atoms with E-state index < -0.39 is 0 Å². The number of hydrogen-bond acceptors (Lipinski definition) is 4. The Kier molecular flexibility index (Phi) is 6.37. The van der Waals surface area contributed by atoms with Gasteiger partial charge >= 0.3 is 7.12 Å². The number of aryl methyl sites for hydroxylation is 1. The highest BCUT2D eigenvalue weighted by Gasteiger charge is 2.51. The maximum Gasteiger partial charge on any atom is 0.494 e. The van der Waals surface area contributed by atoms with Crippen molar-refractivity contribution in [1.29, 1.82) is 0 Å². The van der Waals surface area contributed by atoms with Crippen LogP contribution in [0.4, 0.5) is 5.69 Å². The number of benzene rings is 2. The Hall–Kier alpha value is -3.02. The number of aliphatic imine (C=N–C) groups is 1. The fraction of sp³-hybridized carbons (Fsp3) is 0.286. The lowest BCUT2D eigenvalue weighted by molar-refractivity contribution is 0.00578. The monoisotopic (exact) mass is 438 g/mol. The summed E-state index contributed by atoms with van der Waals surface area (Å²) < 4.78 is 12.4. The van der Waals surface area contributed by atoms with Crippen molar-refractivity contribution in [1.82, 2.24) is 4.98 Å². The molecule has 0 amide bonds. The SMILES string of the molecule is C/C(=C\C(=Nc1ccccc1C)c1ccccn1)c1ccc(B2OC(C)(C)C(C)(C)O2)cc1. The molecule has 1 aliphatic heterocycles. The third-order valence-corrected chi connectivity index (χ3v) is 6.53. The van der Waals surface area contributed by atoms with Crippen LogP contribution in [-0.4, -0.2) is 29.0 Å². The molecule has 5 heteroatoms. The van der Waals surface area contributed by atoms with Crippen molar-refractivity contribution in [2.24, 2.45) is 4.99 Å². The van der Waals surface area contributed by atoms with Gasteiger partial charge in [-0.1, -0.05) is 48.5 Å². The zero-order chi connectivity index (χ0) is 23.6. The van der Waals surface area contributed by atoms with Crippen LogP contribution in [0.15, 0.2) is 84.0 Å². The highest BCUT2D eigenvalue weighted by molar-refractivity contribution is 6.62. The molecule has 4 rings (SSSR count). The highest BCUT2D eigenvalue weighted by atomic mass is 16.7. The molecular formula is C28H31BN2O2. The van der Waals surface area contributed by atoms with E-state index in [0.29, 0.717) is 0 Å². The Balaban J connectivity index is 1.64. The first-order valence-corrected chi connectivity index (χ1v) is 11.4. The number of hydrogen-bond donors (Lipinski definition) is 0. The van der Waals surface area contributed by atoms with Crippen LogP contribution in [-0.2, 0) is 9.31 Å². The number of aromatic nitrogens is 1. The number of para-hydroxylation sites is 1. The van der Waals surface area contributed by atoms with Crippen molar-refractivity contribution in [3.63, 3.8) is 0 Å². The van der Waals surface area contributed by atoms with Crippen LogP contribution in [0.25, 0.3) is 5.57 Å². The van der Waals surface area contributed by atoms with E-state index in [2.05, 4.69) is 82.9 Å². The fourth-order valence-corrected chi connectivity index (χ4v) is 3.67. The molecule has 0 N–H and O–H groups in total. The van der Waals surface area contributed by atoms with Gasteiger partial charge in [0, 0.05) is 6.20 Å². The van der Waals surface area contributed by atoms with E-state index in [1.54, 1.807) is 6.20 Å². The molecule has 0 radical (unpaired) electrons. The molecule has 33 heavy (non-hydrogen) atoms. The Morgan fingerprint density at radius 1 is 0.879 bits per heavy atom. The van der Waals surface area contributed by atoms with E-state index >= 15 is 0 Å². The molecule has 0 atom stereocenters. The lowest BCUT2D eigenvalue weighted by Gasteiger charge is -2.32. The molecule has 168 valence electrons. The van der Waals surface area contributed by atoms with Gasteiger partial charge in [0.25, 0.3) is 0 Å². The zero-order valence-corrected chi connectivity index (χ0v) is 20.3. The van der Waals surface area contributed by atoms with Gasteiger partial charge in [-0.05, 0) is 88.0 Å². The predicted octanol–water partition coefficient (Wildman–Crippen LogP) is 5.91. The molecule has 1 aliphatic rings. The van der Waals surface area contributed by atoms with Gasteiger partial charge in [0.15, 0.2) is 0 Å². The van der Waals surface area contributed by atoms with Crippen LogP contribution < -0.4 is 5.46 Å². The summed E-state index contributed by atoms with van der Waals surface area (Å²) in [5, 5.41) is 0. The highest BCUT2D eigenvalue weighted by Crippen LogP contribution is 2.36. The molecule has 0 aliphatic carbocycles. The van der Waals surface area contributed by atoms with Crippen LogP contribution >= 0.6 is 0 Å². The number of pyridine rings is 1. The molecule has 2 heterocycles. The molecule has 0 saturated carbocycles. The molecule has 1 aromatic heterocycles. The first kappa shape index (κ1) is 23.2. The predicted molar refractivity (Wildman–Crippen MR) is 137 cm³/mol. The van der Waals surface area contributed by atoms with Gasteiger partial charge in [0.05, 0.1) is 28.3 Å². The van der Waals surface area contributed by atoms with Crippen molar-refractivity contribution < 1.29 is 9.31 Å². The van der Waals surface area contributed by atoms with E-state index in [1.165, 1.54) is 0 Å². The summed E-state index contributed by atoms with van der Waals surface area (Å²) in [6, 6.07) is 22.4. The largest absolute Gasteiger partial charge is 0.494 e. The molecule has 4 nitrogen and oxygen atoms in total. The van der Waals surface area contributed by atoms with Crippen LogP contribution in [0.5, 0.6) is 0 Å². The summed E-state index contributed by atoms with van der Waals surface area (Å²) in [6.45, 7) is 12.4. The second-order valence-electron chi connectivity index (χ2n) is 9.54. The first-order chi connectivity index (χ1) is 15.7. The van der Waals surface area contributed by atoms with Crippen molar-refractivity contribution in [2.75, 3.05) is 0 Å². The molecule has 1 saturated heterocycles. The summed E-state index contributed by atoms with van der Waals surface area (Å²) in [7, 11) is -0.361. The van der Waals surface area contributed by atoms with Gasteiger partial charge < -0.3 is 9.31 Å². The van der Waals surface area contributed by atoms with Crippen LogP contribution in [0, 0.1) is 6.92 Å². The minimum absolute atomic E-state index is 0.351. The average Bonchev–Trinajstić information content (AvgIpc) is 3.02. The molecule has 0 unspecified atom stereocenters. The number of allylic oxidation sites excluding steroid dienone is 2. The van der Waals surface area contributed by atoms with Gasteiger partial charge in [0.2, 0.25) is 0 Å². The van der Waals surface area contributed by atoms with Gasteiger partial charge in [0.1, 0.15) is 0 Å². The van der Waals surface area contributed by atoms with Crippen LogP contribution in [0.3, 0.4) is 0 Å². The lowest BCUT2D eigenvalue weighted by Crippen LogP contribution is -2.41. The lowest BCUT2D eigenvalue weighted by atomic mass is 9.78.